The van der Waals surface area contributed by atoms with Crippen molar-refractivity contribution < 1.29 is 4.79 Å². The van der Waals surface area contributed by atoms with Gasteiger partial charge in [0.2, 0.25) is 0 Å². The third-order valence-corrected chi connectivity index (χ3v) is 7.50. The third-order valence-electron chi connectivity index (χ3n) is 6.49. The normalized spacial score (nSPS) is 23.0. The number of thioether (sulfide) groups is 1. The molecule has 2 aliphatic rings. The molecule has 1 fully saturated rings. The number of carbonyl (C=O) groups is 1. The first kappa shape index (κ1) is 21.7. The Morgan fingerprint density at radius 2 is 1.94 bits per heavy atom. The summed E-state index contributed by atoms with van der Waals surface area (Å²) in [6.07, 6.45) is 3.16. The number of aryl methyl sites for hydroxylation is 1. The summed E-state index contributed by atoms with van der Waals surface area (Å²) in [5, 5.41) is 0.746. The highest BCUT2D eigenvalue weighted by atomic mass is 32.2. The lowest BCUT2D eigenvalue weighted by molar-refractivity contribution is -0.122. The van der Waals surface area contributed by atoms with E-state index in [1.54, 1.807) is 4.90 Å². The standard InChI is InChI=1S/C26H31N3OS/c1-7-29-24(30)23(31-25(29)27-20-11-9-8-10-12-20)15-19-14-21-18(3)16-26(4,5)28(6)22(21)13-17(19)2/h8-15,18H,7,16H2,1-6H3/b23-15+,27-25?. The third kappa shape index (κ3) is 4.03. The summed E-state index contributed by atoms with van der Waals surface area (Å²) in [6, 6.07) is 14.4. The second-order valence-electron chi connectivity index (χ2n) is 9.13. The molecule has 0 saturated carbocycles. The molecular weight excluding hydrogens is 402 g/mol. The van der Waals surface area contributed by atoms with Crippen molar-refractivity contribution in [2.45, 2.75) is 52.5 Å². The summed E-state index contributed by atoms with van der Waals surface area (Å²) in [4.78, 5) is 22.7. The van der Waals surface area contributed by atoms with Crippen LogP contribution in [0, 0.1) is 6.92 Å². The molecule has 4 nitrogen and oxygen atoms in total. The molecule has 2 heterocycles. The number of fused-ring (bicyclic) bond motifs is 1. The minimum atomic E-state index is 0.0330. The van der Waals surface area contributed by atoms with Crippen molar-refractivity contribution in [3.8, 4) is 0 Å². The van der Waals surface area contributed by atoms with Crippen LogP contribution in [-0.4, -0.2) is 35.1 Å². The van der Waals surface area contributed by atoms with Crippen LogP contribution in [-0.2, 0) is 4.79 Å². The number of hydrogen-bond acceptors (Lipinski definition) is 4. The number of aliphatic imine (C=N–C) groups is 1. The molecule has 0 bridgehead atoms. The number of amidine groups is 1. The molecular formula is C26H31N3OS. The van der Waals surface area contributed by atoms with Gasteiger partial charge in [-0.05, 0) is 98.8 Å². The molecule has 31 heavy (non-hydrogen) atoms. The fourth-order valence-corrected chi connectivity index (χ4v) is 5.57. The second-order valence-corrected chi connectivity index (χ2v) is 10.1. The number of benzene rings is 2. The van der Waals surface area contributed by atoms with E-state index in [4.69, 9.17) is 4.99 Å². The highest BCUT2D eigenvalue weighted by Gasteiger charge is 2.35. The van der Waals surface area contributed by atoms with E-state index in [-0.39, 0.29) is 11.4 Å². The van der Waals surface area contributed by atoms with E-state index in [2.05, 4.69) is 51.8 Å². The quantitative estimate of drug-likeness (QED) is 0.530. The molecule has 162 valence electrons. The SMILES string of the molecule is CCN1C(=O)/C(=C\c2cc3c(cc2C)N(C)C(C)(C)CC3C)SC1=Nc1ccccc1. The molecule has 2 aromatic carbocycles. The lowest BCUT2D eigenvalue weighted by atomic mass is 9.79. The summed E-state index contributed by atoms with van der Waals surface area (Å²) >= 11 is 1.47. The van der Waals surface area contributed by atoms with Gasteiger partial charge < -0.3 is 4.90 Å². The Kier molecular flexibility index (Phi) is 5.73. The van der Waals surface area contributed by atoms with E-state index < -0.39 is 0 Å². The zero-order valence-corrected chi connectivity index (χ0v) is 20.1. The summed E-state index contributed by atoms with van der Waals surface area (Å²) in [7, 11) is 2.18. The van der Waals surface area contributed by atoms with E-state index in [1.165, 1.54) is 28.6 Å². The number of nitrogens with zero attached hydrogens (tertiary/aromatic N) is 3. The number of rotatable bonds is 3. The maximum atomic E-state index is 13.1. The predicted molar refractivity (Wildman–Crippen MR) is 133 cm³/mol. The zero-order valence-electron chi connectivity index (χ0n) is 19.3. The zero-order chi connectivity index (χ0) is 22.3. The fourth-order valence-electron chi connectivity index (χ4n) is 4.51. The van der Waals surface area contributed by atoms with Gasteiger partial charge in [0.1, 0.15) is 0 Å². The van der Waals surface area contributed by atoms with Crippen molar-refractivity contribution in [2.75, 3.05) is 18.5 Å². The molecule has 2 aromatic rings. The molecule has 0 radical (unpaired) electrons. The lowest BCUT2D eigenvalue weighted by Gasteiger charge is -2.45. The van der Waals surface area contributed by atoms with E-state index >= 15 is 0 Å². The maximum absolute atomic E-state index is 13.1. The van der Waals surface area contributed by atoms with Crippen molar-refractivity contribution in [2.24, 2.45) is 4.99 Å². The summed E-state index contributed by atoms with van der Waals surface area (Å²) in [6.45, 7) is 11.6. The van der Waals surface area contributed by atoms with Gasteiger partial charge in [0.05, 0.1) is 10.6 Å². The van der Waals surface area contributed by atoms with Gasteiger partial charge in [-0.3, -0.25) is 9.69 Å². The summed E-state index contributed by atoms with van der Waals surface area (Å²) < 4.78 is 0. The molecule has 0 aliphatic carbocycles. The van der Waals surface area contributed by atoms with Gasteiger partial charge in [-0.15, -0.1) is 0 Å². The molecule has 1 amide bonds. The number of anilines is 1. The Hall–Kier alpha value is -2.53. The van der Waals surface area contributed by atoms with Crippen LogP contribution in [0.1, 0.15) is 56.7 Å². The van der Waals surface area contributed by atoms with Crippen LogP contribution in [0.3, 0.4) is 0 Å². The Morgan fingerprint density at radius 3 is 2.61 bits per heavy atom. The van der Waals surface area contributed by atoms with Crippen LogP contribution >= 0.6 is 11.8 Å². The van der Waals surface area contributed by atoms with Crippen molar-refractivity contribution in [1.82, 2.24) is 4.90 Å². The maximum Gasteiger partial charge on any atom is 0.266 e. The first-order valence-electron chi connectivity index (χ1n) is 10.9. The van der Waals surface area contributed by atoms with Crippen molar-refractivity contribution in [3.63, 3.8) is 0 Å². The molecule has 0 N–H and O–H groups in total. The highest BCUT2D eigenvalue weighted by Crippen LogP contribution is 2.44. The van der Waals surface area contributed by atoms with Gasteiger partial charge in [-0.1, -0.05) is 25.1 Å². The van der Waals surface area contributed by atoms with Crippen LogP contribution < -0.4 is 4.90 Å². The van der Waals surface area contributed by atoms with Crippen molar-refractivity contribution >= 4 is 40.3 Å². The Bertz CT molecular complexity index is 1070. The minimum absolute atomic E-state index is 0.0330. The Balaban J connectivity index is 1.71. The van der Waals surface area contributed by atoms with E-state index in [0.29, 0.717) is 12.5 Å². The minimum Gasteiger partial charge on any atom is -0.369 e. The van der Waals surface area contributed by atoms with E-state index in [9.17, 15) is 4.79 Å². The number of carbonyl (C=O) groups excluding carboxylic acids is 1. The smallest absolute Gasteiger partial charge is 0.266 e. The molecule has 1 unspecified atom stereocenters. The predicted octanol–water partition coefficient (Wildman–Crippen LogP) is 6.34. The van der Waals surface area contributed by atoms with Gasteiger partial charge >= 0.3 is 0 Å². The number of hydrogen-bond donors (Lipinski definition) is 0. The molecule has 0 spiro atoms. The molecule has 1 atom stereocenters. The first-order chi connectivity index (χ1) is 14.7. The average molecular weight is 434 g/mol. The molecule has 5 heteroatoms. The fraction of sp³-hybridized carbons (Fsp3) is 0.385. The highest BCUT2D eigenvalue weighted by molar-refractivity contribution is 8.18. The van der Waals surface area contributed by atoms with Crippen LogP contribution in [0.5, 0.6) is 0 Å². The summed E-state index contributed by atoms with van der Waals surface area (Å²) in [5.74, 6) is 0.513. The van der Waals surface area contributed by atoms with Gasteiger partial charge in [-0.2, -0.15) is 0 Å². The first-order valence-corrected chi connectivity index (χ1v) is 11.8. The van der Waals surface area contributed by atoms with Crippen molar-refractivity contribution in [1.29, 1.82) is 0 Å². The Labute approximate surface area is 190 Å². The molecule has 2 aliphatic heterocycles. The number of amides is 1. The van der Waals surface area contributed by atoms with Gasteiger partial charge in [-0.25, -0.2) is 4.99 Å². The van der Waals surface area contributed by atoms with Gasteiger partial charge in [0.15, 0.2) is 5.17 Å². The van der Waals surface area contributed by atoms with Crippen LogP contribution in [0.2, 0.25) is 0 Å². The van der Waals surface area contributed by atoms with Crippen molar-refractivity contribution in [3.05, 3.63) is 64.1 Å². The second kappa shape index (κ2) is 8.19. The molecule has 0 aromatic heterocycles. The van der Waals surface area contributed by atoms with Gasteiger partial charge in [0, 0.05) is 24.8 Å². The number of likely N-dealkylation sites (N-methyl/N-ethyl adjacent to an activating group) is 1. The lowest BCUT2D eigenvalue weighted by Crippen LogP contribution is -2.45. The monoisotopic (exact) mass is 433 g/mol. The van der Waals surface area contributed by atoms with Crippen LogP contribution in [0.4, 0.5) is 11.4 Å². The Morgan fingerprint density at radius 1 is 1.23 bits per heavy atom. The van der Waals surface area contributed by atoms with Crippen LogP contribution in [0.25, 0.3) is 6.08 Å². The van der Waals surface area contributed by atoms with E-state index in [0.717, 1.165) is 27.7 Å². The largest absolute Gasteiger partial charge is 0.369 e. The molecule has 1 saturated heterocycles. The average Bonchev–Trinajstić information content (AvgIpc) is 3.02. The summed E-state index contributed by atoms with van der Waals surface area (Å²) in [5.41, 5.74) is 5.97. The number of para-hydroxylation sites is 1. The molecule has 4 rings (SSSR count). The van der Waals surface area contributed by atoms with E-state index in [1.807, 2.05) is 43.3 Å². The van der Waals surface area contributed by atoms with Gasteiger partial charge in [0.25, 0.3) is 5.91 Å². The van der Waals surface area contributed by atoms with Crippen LogP contribution in [0.15, 0.2) is 52.4 Å². The topological polar surface area (TPSA) is 35.9 Å².